The van der Waals surface area contributed by atoms with Gasteiger partial charge in [0.05, 0.1) is 20.9 Å². The van der Waals surface area contributed by atoms with Gasteiger partial charge in [0.2, 0.25) is 0 Å². The van der Waals surface area contributed by atoms with E-state index in [0.717, 1.165) is 26.7 Å². The number of nitrogens with zero attached hydrogens (tertiary/aromatic N) is 2. The third-order valence-electron chi connectivity index (χ3n) is 3.18. The van der Waals surface area contributed by atoms with Gasteiger partial charge in [-0.2, -0.15) is 0 Å². The molecule has 18 heavy (non-hydrogen) atoms. The van der Waals surface area contributed by atoms with Crippen LogP contribution in [0, 0.1) is 13.8 Å². The van der Waals surface area contributed by atoms with Crippen LogP contribution in [0.4, 0.5) is 5.00 Å². The number of aryl methyl sites for hydroxylation is 3. The second kappa shape index (κ2) is 3.85. The van der Waals surface area contributed by atoms with Crippen molar-refractivity contribution in [2.24, 2.45) is 7.05 Å². The maximum absolute atomic E-state index is 5.87. The molecule has 3 nitrogen and oxygen atoms in total. The van der Waals surface area contributed by atoms with E-state index in [1.807, 2.05) is 6.07 Å². The van der Waals surface area contributed by atoms with Gasteiger partial charge in [0.25, 0.3) is 0 Å². The Morgan fingerprint density at radius 2 is 2.00 bits per heavy atom. The molecule has 0 radical (unpaired) electrons. The minimum absolute atomic E-state index is 0.839. The van der Waals surface area contributed by atoms with E-state index in [9.17, 15) is 0 Å². The van der Waals surface area contributed by atoms with Crippen LogP contribution in [0.15, 0.2) is 24.3 Å². The van der Waals surface area contributed by atoms with Crippen LogP contribution in [0.3, 0.4) is 0 Å². The fourth-order valence-corrected chi connectivity index (χ4v) is 3.21. The first-order valence-corrected chi connectivity index (χ1v) is 6.67. The molecule has 0 amide bonds. The molecule has 0 spiro atoms. The zero-order valence-corrected chi connectivity index (χ0v) is 11.5. The number of imidazole rings is 1. The van der Waals surface area contributed by atoms with Gasteiger partial charge in [-0.15, -0.1) is 11.3 Å². The third-order valence-corrected chi connectivity index (χ3v) is 4.24. The third kappa shape index (κ3) is 1.61. The molecular weight excluding hydrogens is 242 g/mol. The lowest BCUT2D eigenvalue weighted by molar-refractivity contribution is 0.961. The highest BCUT2D eigenvalue weighted by Gasteiger charge is 2.14. The molecule has 1 aromatic carbocycles. The van der Waals surface area contributed by atoms with Crippen LogP contribution in [-0.2, 0) is 7.05 Å². The minimum Gasteiger partial charge on any atom is -0.391 e. The Morgan fingerprint density at radius 1 is 1.22 bits per heavy atom. The lowest BCUT2D eigenvalue weighted by atomic mass is 10.2. The van der Waals surface area contributed by atoms with Gasteiger partial charge < -0.3 is 10.3 Å². The first kappa shape index (κ1) is 11.3. The molecule has 0 bridgehead atoms. The van der Waals surface area contributed by atoms with Gasteiger partial charge in [-0.3, -0.25) is 0 Å². The summed E-state index contributed by atoms with van der Waals surface area (Å²) in [6.07, 6.45) is 0. The largest absolute Gasteiger partial charge is 0.391 e. The van der Waals surface area contributed by atoms with E-state index in [4.69, 9.17) is 10.7 Å². The predicted molar refractivity (Wildman–Crippen MR) is 77.9 cm³/mol. The average molecular weight is 257 g/mol. The van der Waals surface area contributed by atoms with Gasteiger partial charge in [-0.1, -0.05) is 6.07 Å². The standard InChI is InChI=1S/C14H15N3S/c1-8-4-5-11-10(6-8)16-14(17(11)3)13-9(2)7-12(15)18-13/h4-7H,15H2,1-3H3. The van der Waals surface area contributed by atoms with Crippen LogP contribution in [0.2, 0.25) is 0 Å². The van der Waals surface area contributed by atoms with Gasteiger partial charge in [-0.25, -0.2) is 4.98 Å². The van der Waals surface area contributed by atoms with Crippen molar-refractivity contribution >= 4 is 27.4 Å². The minimum atomic E-state index is 0.839. The fraction of sp³-hybridized carbons (Fsp3) is 0.214. The van der Waals surface area contributed by atoms with Crippen LogP contribution >= 0.6 is 11.3 Å². The normalized spacial score (nSPS) is 11.3. The quantitative estimate of drug-likeness (QED) is 0.725. The molecule has 3 rings (SSSR count). The highest BCUT2D eigenvalue weighted by molar-refractivity contribution is 7.19. The first-order chi connectivity index (χ1) is 8.56. The van der Waals surface area contributed by atoms with E-state index in [1.165, 1.54) is 11.1 Å². The van der Waals surface area contributed by atoms with E-state index in [2.05, 4.69) is 43.7 Å². The fourth-order valence-electron chi connectivity index (χ4n) is 2.24. The number of rotatable bonds is 1. The zero-order chi connectivity index (χ0) is 12.9. The summed E-state index contributed by atoms with van der Waals surface area (Å²) in [6, 6.07) is 8.35. The Kier molecular flexibility index (Phi) is 2.41. The Balaban J connectivity index is 2.30. The molecule has 0 unspecified atom stereocenters. The van der Waals surface area contributed by atoms with E-state index >= 15 is 0 Å². The maximum Gasteiger partial charge on any atom is 0.151 e. The number of nitrogen functional groups attached to an aromatic ring is 1. The molecule has 0 aliphatic heterocycles. The zero-order valence-electron chi connectivity index (χ0n) is 10.7. The molecular formula is C14H15N3S. The second-order valence-electron chi connectivity index (χ2n) is 4.65. The lowest BCUT2D eigenvalue weighted by Crippen LogP contribution is -1.91. The highest BCUT2D eigenvalue weighted by atomic mass is 32.1. The molecule has 2 N–H and O–H groups in total. The number of anilines is 1. The average Bonchev–Trinajstić information content (AvgIpc) is 2.79. The summed E-state index contributed by atoms with van der Waals surface area (Å²) >= 11 is 1.60. The number of benzene rings is 1. The van der Waals surface area contributed by atoms with Gasteiger partial charge in [0.1, 0.15) is 0 Å². The van der Waals surface area contributed by atoms with E-state index in [0.29, 0.717) is 0 Å². The number of nitrogens with two attached hydrogens (primary N) is 1. The van der Waals surface area contributed by atoms with Crippen LogP contribution in [-0.4, -0.2) is 9.55 Å². The molecule has 0 atom stereocenters. The Labute approximate surface area is 110 Å². The summed E-state index contributed by atoms with van der Waals surface area (Å²) in [5.74, 6) is 0.995. The van der Waals surface area contributed by atoms with Crippen molar-refractivity contribution in [3.63, 3.8) is 0 Å². The monoisotopic (exact) mass is 257 g/mol. The summed E-state index contributed by atoms with van der Waals surface area (Å²) in [5.41, 5.74) is 10.5. The van der Waals surface area contributed by atoms with Gasteiger partial charge in [-0.05, 0) is 43.2 Å². The number of hydrogen-bond acceptors (Lipinski definition) is 3. The van der Waals surface area contributed by atoms with E-state index < -0.39 is 0 Å². The predicted octanol–water partition coefficient (Wildman–Crippen LogP) is 3.50. The molecule has 0 saturated carbocycles. The van der Waals surface area contributed by atoms with Gasteiger partial charge >= 0.3 is 0 Å². The summed E-state index contributed by atoms with van der Waals surface area (Å²) in [5, 5.41) is 0.839. The molecule has 3 aromatic rings. The van der Waals surface area contributed by atoms with Crippen molar-refractivity contribution in [2.45, 2.75) is 13.8 Å². The van der Waals surface area contributed by atoms with Crippen LogP contribution in [0.1, 0.15) is 11.1 Å². The highest BCUT2D eigenvalue weighted by Crippen LogP contribution is 2.34. The Bertz CT molecular complexity index is 737. The lowest BCUT2D eigenvalue weighted by Gasteiger charge is -2.00. The molecule has 0 aliphatic carbocycles. The SMILES string of the molecule is Cc1ccc2c(c1)nc(-c1sc(N)cc1C)n2C. The van der Waals surface area contributed by atoms with Crippen molar-refractivity contribution in [3.05, 3.63) is 35.4 Å². The van der Waals surface area contributed by atoms with Crippen molar-refractivity contribution < 1.29 is 0 Å². The summed E-state index contributed by atoms with van der Waals surface area (Å²) in [4.78, 5) is 5.89. The second-order valence-corrected chi connectivity index (χ2v) is 5.73. The van der Waals surface area contributed by atoms with Crippen LogP contribution in [0.25, 0.3) is 21.7 Å². The van der Waals surface area contributed by atoms with Crippen molar-refractivity contribution in [2.75, 3.05) is 5.73 Å². The Morgan fingerprint density at radius 3 is 2.67 bits per heavy atom. The van der Waals surface area contributed by atoms with E-state index in [1.54, 1.807) is 11.3 Å². The molecule has 2 aromatic heterocycles. The van der Waals surface area contributed by atoms with Crippen molar-refractivity contribution in [1.82, 2.24) is 9.55 Å². The smallest absolute Gasteiger partial charge is 0.151 e. The van der Waals surface area contributed by atoms with Gasteiger partial charge in [0.15, 0.2) is 5.82 Å². The van der Waals surface area contributed by atoms with Crippen LogP contribution in [0.5, 0.6) is 0 Å². The maximum atomic E-state index is 5.87. The molecule has 2 heterocycles. The van der Waals surface area contributed by atoms with E-state index in [-0.39, 0.29) is 0 Å². The topological polar surface area (TPSA) is 43.8 Å². The molecule has 4 heteroatoms. The van der Waals surface area contributed by atoms with Crippen molar-refractivity contribution in [1.29, 1.82) is 0 Å². The number of fused-ring (bicyclic) bond motifs is 1. The van der Waals surface area contributed by atoms with Crippen molar-refractivity contribution in [3.8, 4) is 10.7 Å². The number of hydrogen-bond donors (Lipinski definition) is 1. The first-order valence-electron chi connectivity index (χ1n) is 5.85. The summed E-state index contributed by atoms with van der Waals surface area (Å²) in [7, 11) is 2.05. The summed E-state index contributed by atoms with van der Waals surface area (Å²) in [6.45, 7) is 4.16. The Hall–Kier alpha value is -1.81. The molecule has 92 valence electrons. The molecule has 0 saturated heterocycles. The summed E-state index contributed by atoms with van der Waals surface area (Å²) < 4.78 is 2.13. The molecule has 0 aliphatic rings. The van der Waals surface area contributed by atoms with Crippen LogP contribution < -0.4 is 5.73 Å². The number of aromatic nitrogens is 2. The van der Waals surface area contributed by atoms with Gasteiger partial charge in [0, 0.05) is 7.05 Å². The molecule has 0 fully saturated rings. The number of thiophene rings is 1.